The van der Waals surface area contributed by atoms with E-state index in [1.807, 2.05) is 17.7 Å². The lowest BCUT2D eigenvalue weighted by molar-refractivity contribution is 0.0666. The largest absolute Gasteiger partial charge is 0.508 e. The number of phenolic OH excluding ortho intramolecular Hbond substituents is 1. The van der Waals surface area contributed by atoms with Crippen LogP contribution in [0.3, 0.4) is 0 Å². The van der Waals surface area contributed by atoms with Crippen LogP contribution < -0.4 is 5.56 Å². The van der Waals surface area contributed by atoms with E-state index in [1.165, 1.54) is 0 Å². The van der Waals surface area contributed by atoms with Crippen molar-refractivity contribution in [2.45, 2.75) is 31.1 Å². The van der Waals surface area contributed by atoms with E-state index in [0.29, 0.717) is 18.8 Å². The van der Waals surface area contributed by atoms with Gasteiger partial charge in [0.15, 0.2) is 5.82 Å². The van der Waals surface area contributed by atoms with Crippen LogP contribution >= 0.6 is 11.8 Å². The molecule has 0 spiro atoms. The first-order chi connectivity index (χ1) is 11.6. The van der Waals surface area contributed by atoms with Crippen molar-refractivity contribution in [2.75, 3.05) is 13.2 Å². The number of nitrogens with zero attached hydrogens (tertiary/aromatic N) is 2. The van der Waals surface area contributed by atoms with Crippen LogP contribution in [0.4, 0.5) is 5.82 Å². The van der Waals surface area contributed by atoms with E-state index in [0.717, 1.165) is 29.3 Å². The Hall–Kier alpha value is -1.99. The molecule has 1 aromatic heterocycles. The maximum Gasteiger partial charge on any atom is 0.271 e. The van der Waals surface area contributed by atoms with E-state index >= 15 is 0 Å². The van der Waals surface area contributed by atoms with Crippen molar-refractivity contribution in [1.82, 2.24) is 9.78 Å². The van der Waals surface area contributed by atoms with E-state index < -0.39 is 0 Å². The number of thioether (sulfide) groups is 1. The summed E-state index contributed by atoms with van der Waals surface area (Å²) in [4.78, 5) is 17.3. The number of aromatic hydroxyl groups is 1. The molecule has 2 N–H and O–H groups in total. The first kappa shape index (κ1) is 15.5. The zero-order chi connectivity index (χ0) is 16.7. The molecule has 1 fully saturated rings. The minimum atomic E-state index is -0.158. The summed E-state index contributed by atoms with van der Waals surface area (Å²) in [6, 6.07) is 7.29. The number of aliphatic imine (C=N–C) groups is 1. The molecule has 0 bridgehead atoms. The molecule has 6 nitrogen and oxygen atoms in total. The van der Waals surface area contributed by atoms with E-state index in [4.69, 9.17) is 4.74 Å². The van der Waals surface area contributed by atoms with E-state index in [9.17, 15) is 9.90 Å². The molecule has 0 radical (unpaired) electrons. The fraction of sp³-hybridized carbons (Fsp3) is 0.412. The Morgan fingerprint density at radius 3 is 2.92 bits per heavy atom. The summed E-state index contributed by atoms with van der Waals surface area (Å²) in [5.41, 5.74) is 1.47. The van der Waals surface area contributed by atoms with Crippen molar-refractivity contribution in [1.29, 1.82) is 0 Å². The zero-order valence-electron chi connectivity index (χ0n) is 13.4. The van der Waals surface area contributed by atoms with Crippen molar-refractivity contribution < 1.29 is 9.84 Å². The summed E-state index contributed by atoms with van der Waals surface area (Å²) in [6.45, 7) is 3.36. The van der Waals surface area contributed by atoms with Gasteiger partial charge in [0.2, 0.25) is 0 Å². The van der Waals surface area contributed by atoms with Crippen molar-refractivity contribution in [3.8, 4) is 5.75 Å². The Morgan fingerprint density at radius 2 is 2.17 bits per heavy atom. The van der Waals surface area contributed by atoms with Crippen LogP contribution in [0.1, 0.15) is 42.2 Å². The topological polar surface area (TPSA) is 79.6 Å². The number of aromatic amines is 1. The van der Waals surface area contributed by atoms with Gasteiger partial charge in [-0.15, -0.1) is 0 Å². The molecular weight excluding hydrogens is 326 g/mol. The highest BCUT2D eigenvalue weighted by molar-refractivity contribution is 8.14. The van der Waals surface area contributed by atoms with Gasteiger partial charge in [-0.3, -0.25) is 14.6 Å². The van der Waals surface area contributed by atoms with Crippen LogP contribution in [0, 0.1) is 0 Å². The summed E-state index contributed by atoms with van der Waals surface area (Å²) in [5, 5.41) is 13.5. The third-order valence-corrected chi connectivity index (χ3v) is 5.65. The van der Waals surface area contributed by atoms with Gasteiger partial charge in [0.25, 0.3) is 5.56 Å². The SMILES string of the molecule is CC1=Nc2c(c(=O)[nH]n2C2CCOCC2)[C@H](c2cccc(O)c2)S1. The lowest BCUT2D eigenvalue weighted by atomic mass is 10.1. The second-order valence-corrected chi connectivity index (χ2v) is 7.41. The first-order valence-corrected chi connectivity index (χ1v) is 8.94. The molecule has 0 aliphatic carbocycles. The van der Waals surface area contributed by atoms with Gasteiger partial charge >= 0.3 is 0 Å². The van der Waals surface area contributed by atoms with E-state index in [-0.39, 0.29) is 22.6 Å². The van der Waals surface area contributed by atoms with Gasteiger partial charge in [0, 0.05) is 13.2 Å². The van der Waals surface area contributed by atoms with Gasteiger partial charge in [-0.05, 0) is 37.5 Å². The van der Waals surface area contributed by atoms with Crippen molar-refractivity contribution in [2.24, 2.45) is 4.99 Å². The standard InChI is InChI=1S/C17H19N3O3S/c1-10-18-16-14(15(24-10)11-3-2-4-13(21)9-11)17(22)19-20(16)12-5-7-23-8-6-12/h2-4,9,12,15,21H,5-8H2,1H3,(H,19,22)/t15-/m0/s1. The lowest BCUT2D eigenvalue weighted by Gasteiger charge is -2.26. The Kier molecular flexibility index (Phi) is 3.97. The molecule has 3 heterocycles. The van der Waals surface area contributed by atoms with Crippen LogP contribution in [-0.2, 0) is 4.74 Å². The van der Waals surface area contributed by atoms with Crippen LogP contribution in [0.2, 0.25) is 0 Å². The molecule has 0 amide bonds. The van der Waals surface area contributed by atoms with Crippen LogP contribution in [0.15, 0.2) is 34.1 Å². The summed E-state index contributed by atoms with van der Waals surface area (Å²) in [6.07, 6.45) is 1.74. The first-order valence-electron chi connectivity index (χ1n) is 8.06. The van der Waals surface area contributed by atoms with Crippen LogP contribution in [0.5, 0.6) is 5.75 Å². The number of H-pyrrole nitrogens is 1. The molecule has 1 atom stereocenters. The maximum atomic E-state index is 12.6. The smallest absolute Gasteiger partial charge is 0.271 e. The van der Waals surface area contributed by atoms with E-state index in [2.05, 4.69) is 10.1 Å². The molecule has 2 aromatic rings. The molecule has 7 heteroatoms. The fourth-order valence-corrected chi connectivity index (χ4v) is 4.43. The molecule has 1 aromatic carbocycles. The number of benzene rings is 1. The Morgan fingerprint density at radius 1 is 1.38 bits per heavy atom. The molecular formula is C17H19N3O3S. The average Bonchev–Trinajstić information content (AvgIpc) is 2.91. The number of fused-ring (bicyclic) bond motifs is 1. The van der Waals surface area contributed by atoms with Crippen LogP contribution in [-0.4, -0.2) is 33.1 Å². The summed E-state index contributed by atoms with van der Waals surface area (Å²) in [7, 11) is 0. The second-order valence-electron chi connectivity index (χ2n) is 6.12. The second kappa shape index (κ2) is 6.14. The van der Waals surface area contributed by atoms with Gasteiger partial charge in [0.1, 0.15) is 5.75 Å². The molecule has 126 valence electrons. The van der Waals surface area contributed by atoms with Crippen molar-refractivity contribution in [3.63, 3.8) is 0 Å². The summed E-state index contributed by atoms with van der Waals surface area (Å²) >= 11 is 1.55. The predicted octanol–water partition coefficient (Wildman–Crippen LogP) is 3.12. The number of phenols is 1. The van der Waals surface area contributed by atoms with Crippen molar-refractivity contribution in [3.05, 3.63) is 45.7 Å². The molecule has 2 aliphatic heterocycles. The summed E-state index contributed by atoms with van der Waals surface area (Å²) in [5.74, 6) is 0.923. The van der Waals surface area contributed by atoms with Gasteiger partial charge in [0.05, 0.1) is 21.9 Å². The van der Waals surface area contributed by atoms with E-state index in [1.54, 1.807) is 30.0 Å². The third-order valence-electron chi connectivity index (χ3n) is 4.48. The minimum Gasteiger partial charge on any atom is -0.508 e. The number of hydrogen-bond donors (Lipinski definition) is 2. The maximum absolute atomic E-state index is 12.6. The summed E-state index contributed by atoms with van der Waals surface area (Å²) < 4.78 is 7.34. The molecule has 0 saturated carbocycles. The lowest BCUT2D eigenvalue weighted by Crippen LogP contribution is -2.21. The number of ether oxygens (including phenoxy) is 1. The normalized spacial score (nSPS) is 21.4. The highest BCUT2D eigenvalue weighted by atomic mass is 32.2. The van der Waals surface area contributed by atoms with Gasteiger partial charge < -0.3 is 9.84 Å². The predicted molar refractivity (Wildman–Crippen MR) is 94.5 cm³/mol. The number of aromatic nitrogens is 2. The Labute approximate surface area is 143 Å². The minimum absolute atomic E-state index is 0.103. The molecule has 2 aliphatic rings. The van der Waals surface area contributed by atoms with Crippen LogP contribution in [0.25, 0.3) is 0 Å². The quantitative estimate of drug-likeness (QED) is 0.876. The number of hydrogen-bond acceptors (Lipinski definition) is 5. The molecule has 0 unspecified atom stereocenters. The molecule has 4 rings (SSSR count). The number of rotatable bonds is 2. The number of nitrogens with one attached hydrogen (secondary N) is 1. The zero-order valence-corrected chi connectivity index (χ0v) is 14.2. The third kappa shape index (κ3) is 2.67. The van der Waals surface area contributed by atoms with Gasteiger partial charge in [-0.2, -0.15) is 0 Å². The van der Waals surface area contributed by atoms with Gasteiger partial charge in [-0.25, -0.2) is 4.99 Å². The Balaban J connectivity index is 1.82. The molecule has 1 saturated heterocycles. The highest BCUT2D eigenvalue weighted by Gasteiger charge is 2.32. The average molecular weight is 345 g/mol. The van der Waals surface area contributed by atoms with Gasteiger partial charge in [-0.1, -0.05) is 23.9 Å². The highest BCUT2D eigenvalue weighted by Crippen LogP contribution is 2.45. The van der Waals surface area contributed by atoms with Crippen molar-refractivity contribution >= 4 is 22.6 Å². The monoisotopic (exact) mass is 345 g/mol. The fourth-order valence-electron chi connectivity index (χ4n) is 3.34. The molecule has 24 heavy (non-hydrogen) atoms. The Bertz CT molecular complexity index is 849.